The molecule has 124 valence electrons. The van der Waals surface area contributed by atoms with E-state index in [1.165, 1.54) is 25.9 Å². The molecule has 21 heavy (non-hydrogen) atoms. The van der Waals surface area contributed by atoms with Gasteiger partial charge in [-0.3, -0.25) is 0 Å². The molecule has 1 N–H and O–H groups in total. The average Bonchev–Trinajstić information content (AvgIpc) is 2.53. The van der Waals surface area contributed by atoms with E-state index in [1.54, 1.807) is 0 Å². The quantitative estimate of drug-likeness (QED) is 0.856. The molecule has 0 radical (unpaired) electrons. The van der Waals surface area contributed by atoms with Crippen molar-refractivity contribution in [3.63, 3.8) is 0 Å². The fourth-order valence-corrected chi connectivity index (χ4v) is 4.54. The fraction of sp³-hybridized carbons (Fsp3) is 1.00. The molecule has 2 rings (SSSR count). The van der Waals surface area contributed by atoms with Crippen LogP contribution in [0.4, 0.5) is 0 Å². The lowest BCUT2D eigenvalue weighted by Gasteiger charge is -2.39. The first-order chi connectivity index (χ1) is 9.67. The Labute approximate surface area is 131 Å². The van der Waals surface area contributed by atoms with Gasteiger partial charge in [0.1, 0.15) is 0 Å². The second kappa shape index (κ2) is 6.15. The molecule has 2 aliphatic heterocycles. The molecule has 0 aromatic carbocycles. The van der Waals surface area contributed by atoms with Crippen molar-refractivity contribution in [2.45, 2.75) is 63.8 Å². The summed E-state index contributed by atoms with van der Waals surface area (Å²) in [5.41, 5.74) is -0.181. The van der Waals surface area contributed by atoms with Gasteiger partial charge in [-0.25, -0.2) is 0 Å². The van der Waals surface area contributed by atoms with Gasteiger partial charge in [-0.1, -0.05) is 0 Å². The summed E-state index contributed by atoms with van der Waals surface area (Å²) < 4.78 is 6.36. The van der Waals surface area contributed by atoms with Crippen molar-refractivity contribution in [2.24, 2.45) is 5.92 Å². The third-order valence-corrected chi connectivity index (χ3v) is 5.59. The third-order valence-electron chi connectivity index (χ3n) is 5.59. The molecule has 0 saturated carbocycles. The molecule has 2 fully saturated rings. The Kier molecular flexibility index (Phi) is 5.04. The second-order valence-electron chi connectivity index (χ2n) is 8.18. The van der Waals surface area contributed by atoms with Gasteiger partial charge in [0.15, 0.2) is 0 Å². The lowest BCUT2D eigenvalue weighted by Crippen LogP contribution is -2.52. The van der Waals surface area contributed by atoms with Crippen LogP contribution in [0.3, 0.4) is 0 Å². The van der Waals surface area contributed by atoms with Crippen molar-refractivity contribution >= 4 is 0 Å². The number of likely N-dealkylation sites (N-methyl/N-ethyl adjacent to an activating group) is 3. The van der Waals surface area contributed by atoms with Crippen molar-refractivity contribution < 1.29 is 4.74 Å². The predicted octanol–water partition coefficient (Wildman–Crippen LogP) is 1.80. The number of nitrogens with one attached hydrogen (secondary N) is 1. The van der Waals surface area contributed by atoms with Crippen LogP contribution >= 0.6 is 0 Å². The average molecular weight is 297 g/mol. The first-order valence-electron chi connectivity index (χ1n) is 8.43. The van der Waals surface area contributed by atoms with E-state index in [0.29, 0.717) is 18.0 Å². The smallest absolute Gasteiger partial charge is 0.0790 e. The van der Waals surface area contributed by atoms with Crippen molar-refractivity contribution in [2.75, 3.05) is 40.8 Å². The largest absolute Gasteiger partial charge is 0.368 e. The van der Waals surface area contributed by atoms with Crippen molar-refractivity contribution in [3.05, 3.63) is 0 Å². The fourth-order valence-electron chi connectivity index (χ4n) is 4.54. The normalized spacial score (nSPS) is 36.3. The van der Waals surface area contributed by atoms with Crippen LogP contribution in [-0.2, 0) is 4.74 Å². The Morgan fingerprint density at radius 3 is 2.48 bits per heavy atom. The van der Waals surface area contributed by atoms with E-state index in [1.807, 2.05) is 0 Å². The molecule has 0 aromatic rings. The summed E-state index contributed by atoms with van der Waals surface area (Å²) in [5, 5.41) is 3.51. The van der Waals surface area contributed by atoms with Gasteiger partial charge in [-0.2, -0.15) is 0 Å². The summed E-state index contributed by atoms with van der Waals surface area (Å²) >= 11 is 0. The lowest BCUT2D eigenvalue weighted by molar-refractivity contribution is -0.0799. The standard InChI is InChI=1S/C17H35N3O/c1-16(2)14(15(18-5)17(3,4)21-16)12-20(7)13-9-8-10-19(6)11-13/h13-15,18H,8-12H2,1-7H3. The van der Waals surface area contributed by atoms with Crippen LogP contribution in [-0.4, -0.2) is 73.9 Å². The van der Waals surface area contributed by atoms with E-state index in [9.17, 15) is 0 Å². The molecule has 0 spiro atoms. The molecular formula is C17H35N3O. The van der Waals surface area contributed by atoms with E-state index in [4.69, 9.17) is 4.74 Å². The number of ether oxygens (including phenoxy) is 1. The van der Waals surface area contributed by atoms with Gasteiger partial charge in [-0.15, -0.1) is 0 Å². The summed E-state index contributed by atoms with van der Waals surface area (Å²) in [6, 6.07) is 1.08. The van der Waals surface area contributed by atoms with Gasteiger partial charge in [0.05, 0.1) is 11.2 Å². The SMILES string of the molecule is CNC1C(CN(C)C2CCCN(C)C2)C(C)(C)OC1(C)C. The number of rotatable bonds is 4. The van der Waals surface area contributed by atoms with Crippen LogP contribution in [0, 0.1) is 5.92 Å². The molecule has 2 saturated heterocycles. The highest BCUT2D eigenvalue weighted by Gasteiger charge is 2.53. The third kappa shape index (κ3) is 3.61. The van der Waals surface area contributed by atoms with Crippen LogP contribution in [0.15, 0.2) is 0 Å². The highest BCUT2D eigenvalue weighted by atomic mass is 16.5. The van der Waals surface area contributed by atoms with Crippen LogP contribution in [0.2, 0.25) is 0 Å². The van der Waals surface area contributed by atoms with Crippen molar-refractivity contribution in [1.29, 1.82) is 0 Å². The minimum absolute atomic E-state index is 0.0774. The maximum atomic E-state index is 6.36. The van der Waals surface area contributed by atoms with Gasteiger partial charge in [0.2, 0.25) is 0 Å². The summed E-state index contributed by atoms with van der Waals surface area (Å²) in [4.78, 5) is 5.03. The molecule has 3 unspecified atom stereocenters. The number of hydrogen-bond donors (Lipinski definition) is 1. The van der Waals surface area contributed by atoms with Crippen LogP contribution < -0.4 is 5.32 Å². The molecule has 3 atom stereocenters. The highest BCUT2D eigenvalue weighted by molar-refractivity contribution is 5.06. The van der Waals surface area contributed by atoms with E-state index in [0.717, 1.165) is 6.54 Å². The molecule has 2 aliphatic rings. The van der Waals surface area contributed by atoms with E-state index < -0.39 is 0 Å². The van der Waals surface area contributed by atoms with Gasteiger partial charge in [0.25, 0.3) is 0 Å². The lowest BCUT2D eigenvalue weighted by atomic mass is 9.82. The first kappa shape index (κ1) is 17.2. The Hall–Kier alpha value is -0.160. The summed E-state index contributed by atoms with van der Waals surface area (Å²) in [6.07, 6.45) is 2.64. The number of likely N-dealkylation sites (tertiary alicyclic amines) is 1. The van der Waals surface area contributed by atoms with E-state index in [2.05, 4.69) is 64.0 Å². The minimum atomic E-state index is -0.104. The van der Waals surface area contributed by atoms with Gasteiger partial charge >= 0.3 is 0 Å². The maximum absolute atomic E-state index is 6.36. The molecule has 0 aromatic heterocycles. The molecular weight excluding hydrogens is 262 g/mol. The zero-order valence-corrected chi connectivity index (χ0v) is 15.1. The van der Waals surface area contributed by atoms with Crippen LogP contribution in [0.5, 0.6) is 0 Å². The molecule has 0 aliphatic carbocycles. The van der Waals surface area contributed by atoms with Crippen LogP contribution in [0.25, 0.3) is 0 Å². The first-order valence-corrected chi connectivity index (χ1v) is 8.43. The maximum Gasteiger partial charge on any atom is 0.0790 e. The van der Waals surface area contributed by atoms with E-state index >= 15 is 0 Å². The second-order valence-corrected chi connectivity index (χ2v) is 8.18. The van der Waals surface area contributed by atoms with Gasteiger partial charge in [0, 0.05) is 31.1 Å². The molecule has 4 heteroatoms. The van der Waals surface area contributed by atoms with Crippen LogP contribution in [0.1, 0.15) is 40.5 Å². The number of hydrogen-bond acceptors (Lipinski definition) is 4. The molecule has 0 amide bonds. The minimum Gasteiger partial charge on any atom is -0.368 e. The summed E-state index contributed by atoms with van der Waals surface area (Å²) in [6.45, 7) is 12.5. The molecule has 2 heterocycles. The number of piperidine rings is 1. The van der Waals surface area contributed by atoms with Crippen molar-refractivity contribution in [1.82, 2.24) is 15.1 Å². The highest BCUT2D eigenvalue weighted by Crippen LogP contribution is 2.42. The zero-order valence-electron chi connectivity index (χ0n) is 15.1. The molecule has 0 bridgehead atoms. The Morgan fingerprint density at radius 2 is 1.90 bits per heavy atom. The Morgan fingerprint density at radius 1 is 1.24 bits per heavy atom. The monoisotopic (exact) mass is 297 g/mol. The van der Waals surface area contributed by atoms with E-state index in [-0.39, 0.29) is 11.2 Å². The Balaban J connectivity index is 2.06. The van der Waals surface area contributed by atoms with Gasteiger partial charge < -0.3 is 19.9 Å². The summed E-state index contributed by atoms with van der Waals surface area (Å²) in [5.74, 6) is 0.509. The van der Waals surface area contributed by atoms with Crippen molar-refractivity contribution in [3.8, 4) is 0 Å². The summed E-state index contributed by atoms with van der Waals surface area (Å²) in [7, 11) is 6.60. The predicted molar refractivity (Wildman–Crippen MR) is 88.7 cm³/mol. The zero-order chi connectivity index (χ0) is 15.8. The number of nitrogens with zero attached hydrogens (tertiary/aromatic N) is 2. The topological polar surface area (TPSA) is 27.7 Å². The molecule has 4 nitrogen and oxygen atoms in total. The van der Waals surface area contributed by atoms with Gasteiger partial charge in [-0.05, 0) is 68.2 Å². The Bertz CT molecular complexity index is 356.